The van der Waals surface area contributed by atoms with Crippen LogP contribution in [0.1, 0.15) is 12.8 Å². The van der Waals surface area contributed by atoms with Crippen LogP contribution in [0, 0.1) is 17.6 Å². The average Bonchev–Trinajstić information content (AvgIpc) is 2.44. The Balaban J connectivity index is 1.75. The molecule has 0 spiro atoms. The first kappa shape index (κ1) is 14.9. The van der Waals surface area contributed by atoms with E-state index in [-0.39, 0.29) is 6.54 Å². The predicted octanol–water partition coefficient (Wildman–Crippen LogP) is 1.92. The molecule has 0 aliphatic carbocycles. The van der Waals surface area contributed by atoms with Crippen molar-refractivity contribution in [3.8, 4) is 0 Å². The van der Waals surface area contributed by atoms with Crippen LogP contribution in [0.4, 0.5) is 14.5 Å². The van der Waals surface area contributed by atoms with Gasteiger partial charge in [-0.05, 0) is 37.4 Å². The summed E-state index contributed by atoms with van der Waals surface area (Å²) in [4.78, 5) is 11.6. The molecule has 6 heteroatoms. The highest BCUT2D eigenvalue weighted by Crippen LogP contribution is 2.17. The van der Waals surface area contributed by atoms with Crippen molar-refractivity contribution in [3.63, 3.8) is 0 Å². The Labute approximate surface area is 116 Å². The topological polar surface area (TPSA) is 50.4 Å². The van der Waals surface area contributed by atoms with E-state index in [0.29, 0.717) is 12.5 Å². The van der Waals surface area contributed by atoms with Gasteiger partial charge in [0.05, 0.1) is 6.54 Å². The summed E-state index contributed by atoms with van der Waals surface area (Å²) in [5.74, 6) is -1.52. The van der Waals surface area contributed by atoms with Gasteiger partial charge in [-0.25, -0.2) is 8.78 Å². The Morgan fingerprint density at radius 3 is 2.55 bits per heavy atom. The second kappa shape index (κ2) is 7.31. The minimum atomic E-state index is -0.775. The molecule has 0 atom stereocenters. The number of benzene rings is 1. The van der Waals surface area contributed by atoms with Gasteiger partial charge in [0.1, 0.15) is 17.3 Å². The van der Waals surface area contributed by atoms with E-state index in [4.69, 9.17) is 4.74 Å². The smallest absolute Gasteiger partial charge is 0.238 e. The zero-order valence-corrected chi connectivity index (χ0v) is 11.1. The van der Waals surface area contributed by atoms with Crippen molar-refractivity contribution in [1.82, 2.24) is 5.32 Å². The first-order chi connectivity index (χ1) is 9.66. The van der Waals surface area contributed by atoms with Gasteiger partial charge in [-0.1, -0.05) is 6.07 Å². The molecule has 1 aromatic rings. The minimum Gasteiger partial charge on any atom is -0.381 e. The van der Waals surface area contributed by atoms with Gasteiger partial charge >= 0.3 is 0 Å². The number of amides is 1. The largest absolute Gasteiger partial charge is 0.381 e. The van der Waals surface area contributed by atoms with Gasteiger partial charge < -0.3 is 15.4 Å². The molecule has 2 rings (SSSR count). The van der Waals surface area contributed by atoms with E-state index in [1.54, 1.807) is 0 Å². The summed E-state index contributed by atoms with van der Waals surface area (Å²) >= 11 is 0. The molecule has 20 heavy (non-hydrogen) atoms. The van der Waals surface area contributed by atoms with Crippen LogP contribution >= 0.6 is 0 Å². The van der Waals surface area contributed by atoms with Crippen LogP contribution in [0.15, 0.2) is 18.2 Å². The molecule has 2 N–H and O–H groups in total. The van der Waals surface area contributed by atoms with E-state index in [0.717, 1.165) is 38.2 Å². The van der Waals surface area contributed by atoms with E-state index < -0.39 is 23.2 Å². The third kappa shape index (κ3) is 4.25. The van der Waals surface area contributed by atoms with E-state index in [2.05, 4.69) is 10.6 Å². The molecule has 1 heterocycles. The summed E-state index contributed by atoms with van der Waals surface area (Å²) in [6.07, 6.45) is 1.94. The lowest BCUT2D eigenvalue weighted by molar-refractivity contribution is -0.115. The van der Waals surface area contributed by atoms with Crippen LogP contribution in [0.5, 0.6) is 0 Å². The molecule has 0 aromatic heterocycles. The van der Waals surface area contributed by atoms with Crippen molar-refractivity contribution in [1.29, 1.82) is 0 Å². The van der Waals surface area contributed by atoms with E-state index in [1.807, 2.05) is 0 Å². The highest BCUT2D eigenvalue weighted by atomic mass is 19.1. The summed E-state index contributed by atoms with van der Waals surface area (Å²) in [5, 5.41) is 5.24. The standard InChI is InChI=1S/C14H18F2N2O2/c15-11-2-1-3-12(16)14(11)18-13(19)9-17-8-10-4-6-20-7-5-10/h1-3,10,17H,4-9H2,(H,18,19). The SMILES string of the molecule is O=C(CNCC1CCOCC1)Nc1c(F)cccc1F. The second-order valence-corrected chi connectivity index (χ2v) is 4.83. The number of anilines is 1. The fourth-order valence-corrected chi connectivity index (χ4v) is 2.14. The van der Waals surface area contributed by atoms with Crippen molar-refractivity contribution >= 4 is 11.6 Å². The summed E-state index contributed by atoms with van der Waals surface area (Å²) in [7, 11) is 0. The van der Waals surface area contributed by atoms with Gasteiger partial charge in [-0.2, -0.15) is 0 Å². The van der Waals surface area contributed by atoms with Crippen LogP contribution in [-0.2, 0) is 9.53 Å². The Kier molecular flexibility index (Phi) is 5.43. The highest BCUT2D eigenvalue weighted by molar-refractivity contribution is 5.92. The Morgan fingerprint density at radius 1 is 1.25 bits per heavy atom. The maximum atomic E-state index is 13.3. The van der Waals surface area contributed by atoms with Gasteiger partial charge in [-0.15, -0.1) is 0 Å². The second-order valence-electron chi connectivity index (χ2n) is 4.83. The lowest BCUT2D eigenvalue weighted by Gasteiger charge is -2.22. The molecule has 0 bridgehead atoms. The number of hydrogen-bond donors (Lipinski definition) is 2. The lowest BCUT2D eigenvalue weighted by Crippen LogP contribution is -2.34. The molecule has 0 unspecified atom stereocenters. The zero-order chi connectivity index (χ0) is 14.4. The maximum Gasteiger partial charge on any atom is 0.238 e. The van der Waals surface area contributed by atoms with E-state index in [9.17, 15) is 13.6 Å². The van der Waals surface area contributed by atoms with Gasteiger partial charge in [0.25, 0.3) is 0 Å². The predicted molar refractivity (Wildman–Crippen MR) is 71.4 cm³/mol. The number of halogens is 2. The van der Waals surface area contributed by atoms with Gasteiger partial charge in [0.15, 0.2) is 0 Å². The zero-order valence-electron chi connectivity index (χ0n) is 11.1. The van der Waals surface area contributed by atoms with Gasteiger partial charge in [0.2, 0.25) is 5.91 Å². The number of para-hydroxylation sites is 1. The molecule has 1 aromatic carbocycles. The van der Waals surface area contributed by atoms with E-state index >= 15 is 0 Å². The number of nitrogens with one attached hydrogen (secondary N) is 2. The summed E-state index contributed by atoms with van der Waals surface area (Å²) < 4.78 is 31.9. The molecule has 0 saturated carbocycles. The normalized spacial score (nSPS) is 16.1. The molecule has 1 fully saturated rings. The number of ether oxygens (including phenoxy) is 1. The Hall–Kier alpha value is -1.53. The van der Waals surface area contributed by atoms with Crippen molar-refractivity contribution in [2.75, 3.05) is 31.6 Å². The molecule has 1 aliphatic rings. The van der Waals surface area contributed by atoms with Gasteiger partial charge in [0, 0.05) is 13.2 Å². The summed E-state index contributed by atoms with van der Waals surface area (Å²) in [6, 6.07) is 3.46. The number of rotatable bonds is 5. The molecular weight excluding hydrogens is 266 g/mol. The lowest BCUT2D eigenvalue weighted by atomic mass is 10.0. The molecule has 0 radical (unpaired) electrons. The van der Waals surface area contributed by atoms with Crippen LogP contribution in [-0.4, -0.2) is 32.2 Å². The number of hydrogen-bond acceptors (Lipinski definition) is 3. The fourth-order valence-electron chi connectivity index (χ4n) is 2.14. The number of carbonyl (C=O) groups is 1. The van der Waals surface area contributed by atoms with Crippen LogP contribution in [0.3, 0.4) is 0 Å². The average molecular weight is 284 g/mol. The van der Waals surface area contributed by atoms with Crippen LogP contribution in [0.25, 0.3) is 0 Å². The highest BCUT2D eigenvalue weighted by Gasteiger charge is 2.15. The monoisotopic (exact) mass is 284 g/mol. The summed E-state index contributed by atoms with van der Waals surface area (Å²) in [6.45, 7) is 2.24. The van der Waals surface area contributed by atoms with Crippen molar-refractivity contribution in [2.24, 2.45) is 5.92 Å². The molecule has 1 saturated heterocycles. The molecule has 4 nitrogen and oxygen atoms in total. The molecule has 1 aliphatic heterocycles. The van der Waals surface area contributed by atoms with Crippen LogP contribution < -0.4 is 10.6 Å². The number of carbonyl (C=O) groups excluding carboxylic acids is 1. The summed E-state index contributed by atoms with van der Waals surface area (Å²) in [5.41, 5.74) is -0.398. The first-order valence-electron chi connectivity index (χ1n) is 6.69. The Morgan fingerprint density at radius 2 is 1.90 bits per heavy atom. The van der Waals surface area contributed by atoms with Crippen LogP contribution in [0.2, 0.25) is 0 Å². The first-order valence-corrected chi connectivity index (χ1v) is 6.69. The minimum absolute atomic E-state index is 0.0329. The maximum absolute atomic E-state index is 13.3. The molecule has 110 valence electrons. The Bertz CT molecular complexity index is 442. The molecular formula is C14H18F2N2O2. The third-order valence-corrected chi connectivity index (χ3v) is 3.29. The fraction of sp³-hybridized carbons (Fsp3) is 0.500. The van der Waals surface area contributed by atoms with Crippen molar-refractivity contribution < 1.29 is 18.3 Å². The third-order valence-electron chi connectivity index (χ3n) is 3.29. The molecule has 1 amide bonds. The quantitative estimate of drug-likeness (QED) is 0.868. The van der Waals surface area contributed by atoms with Crippen molar-refractivity contribution in [2.45, 2.75) is 12.8 Å². The van der Waals surface area contributed by atoms with Crippen molar-refractivity contribution in [3.05, 3.63) is 29.8 Å². The van der Waals surface area contributed by atoms with Gasteiger partial charge in [-0.3, -0.25) is 4.79 Å². The van der Waals surface area contributed by atoms with E-state index in [1.165, 1.54) is 6.07 Å².